The van der Waals surface area contributed by atoms with E-state index in [1.54, 1.807) is 0 Å². The molecule has 0 bridgehead atoms. The van der Waals surface area contributed by atoms with Crippen LogP contribution >= 0.6 is 0 Å². The Labute approximate surface area is 230 Å². The maximum absolute atomic E-state index is 4.76. The lowest BCUT2D eigenvalue weighted by Crippen LogP contribution is -2.27. The number of aromatic nitrogens is 3. The Hall–Kier alpha value is -4.77. The Bertz CT molecular complexity index is 1530. The molecule has 1 aliphatic rings. The predicted octanol–water partition coefficient (Wildman–Crippen LogP) is 8.29. The highest BCUT2D eigenvalue weighted by atomic mass is 15.2. The van der Waals surface area contributed by atoms with Crippen LogP contribution in [0.3, 0.4) is 0 Å². The fraction of sp³-hybridized carbons (Fsp3) is 0.147. The molecule has 5 nitrogen and oxygen atoms in total. The summed E-state index contributed by atoms with van der Waals surface area (Å²) < 4.78 is 0. The number of fused-ring (bicyclic) bond motifs is 1. The summed E-state index contributed by atoms with van der Waals surface area (Å²) in [6.07, 6.45) is 6.45. The van der Waals surface area contributed by atoms with E-state index in [-0.39, 0.29) is 0 Å². The lowest BCUT2D eigenvalue weighted by molar-refractivity contribution is 0.766. The molecule has 3 aromatic heterocycles. The van der Waals surface area contributed by atoms with Gasteiger partial charge in [-0.3, -0.25) is 9.88 Å². The lowest BCUT2D eigenvalue weighted by atomic mass is 9.86. The van der Waals surface area contributed by atoms with Crippen LogP contribution in [0.4, 0.5) is 23.0 Å². The van der Waals surface area contributed by atoms with Crippen LogP contribution in [0.2, 0.25) is 0 Å². The van der Waals surface area contributed by atoms with E-state index in [2.05, 4.69) is 94.3 Å². The Morgan fingerprint density at radius 3 is 2.00 bits per heavy atom. The average Bonchev–Trinajstić information content (AvgIpc) is 3.00. The van der Waals surface area contributed by atoms with Gasteiger partial charge < -0.3 is 4.90 Å². The monoisotopic (exact) mass is 509 g/mol. The Morgan fingerprint density at radius 2 is 1.36 bits per heavy atom. The highest BCUT2D eigenvalue weighted by Gasteiger charge is 2.25. The number of para-hydroxylation sites is 1. The third-order valence-electron chi connectivity index (χ3n) is 7.42. The highest BCUT2D eigenvalue weighted by molar-refractivity contribution is 5.77. The van der Waals surface area contributed by atoms with E-state index in [1.807, 2.05) is 61.1 Å². The second-order valence-electron chi connectivity index (χ2n) is 9.89. The van der Waals surface area contributed by atoms with Gasteiger partial charge in [0.05, 0.1) is 12.2 Å². The molecule has 0 aliphatic carbocycles. The second-order valence-corrected chi connectivity index (χ2v) is 9.89. The molecule has 0 saturated heterocycles. The molecule has 2 aromatic carbocycles. The molecule has 192 valence electrons. The van der Waals surface area contributed by atoms with Crippen molar-refractivity contribution in [3.63, 3.8) is 0 Å². The van der Waals surface area contributed by atoms with Gasteiger partial charge in [0.25, 0.3) is 0 Å². The molecule has 0 saturated carbocycles. The van der Waals surface area contributed by atoms with Crippen molar-refractivity contribution < 1.29 is 0 Å². The van der Waals surface area contributed by atoms with Crippen molar-refractivity contribution in [2.45, 2.75) is 32.7 Å². The van der Waals surface area contributed by atoms with Gasteiger partial charge in [0, 0.05) is 41.2 Å². The fourth-order valence-electron chi connectivity index (χ4n) is 5.35. The largest absolute Gasteiger partial charge is 0.339 e. The molecule has 39 heavy (non-hydrogen) atoms. The van der Waals surface area contributed by atoms with Gasteiger partial charge in [0.2, 0.25) is 0 Å². The minimum atomic E-state index is 0.325. The second kappa shape index (κ2) is 10.9. The zero-order valence-corrected chi connectivity index (χ0v) is 22.3. The SMILES string of the molecule is CC1=C(CC(C)c2ccc(N(c3ccccn3)c3ccccn3)cc2)c2cccnc2CN1c1ccccc1. The molecule has 0 amide bonds. The number of hydrogen-bond acceptors (Lipinski definition) is 5. The van der Waals surface area contributed by atoms with Gasteiger partial charge in [0.1, 0.15) is 11.6 Å². The van der Waals surface area contributed by atoms with E-state index in [0.29, 0.717) is 5.92 Å². The van der Waals surface area contributed by atoms with Crippen molar-refractivity contribution in [2.75, 3.05) is 9.80 Å². The van der Waals surface area contributed by atoms with Gasteiger partial charge in [0.15, 0.2) is 0 Å². The molecular formula is C34H31N5. The third-order valence-corrected chi connectivity index (χ3v) is 7.42. The van der Waals surface area contributed by atoms with Gasteiger partial charge in [-0.25, -0.2) is 9.97 Å². The van der Waals surface area contributed by atoms with Crippen molar-refractivity contribution in [3.05, 3.63) is 144 Å². The van der Waals surface area contributed by atoms with E-state index in [1.165, 1.54) is 28.1 Å². The topological polar surface area (TPSA) is 45.2 Å². The van der Waals surface area contributed by atoms with E-state index >= 15 is 0 Å². The number of nitrogens with zero attached hydrogens (tertiary/aromatic N) is 5. The Morgan fingerprint density at radius 1 is 0.718 bits per heavy atom. The third kappa shape index (κ3) is 5.04. The first-order chi connectivity index (χ1) is 19.2. The van der Waals surface area contributed by atoms with Crippen LogP contribution in [0.25, 0.3) is 5.57 Å². The number of benzene rings is 2. The summed E-state index contributed by atoms with van der Waals surface area (Å²) in [5, 5.41) is 0. The molecule has 1 aliphatic heterocycles. The van der Waals surface area contributed by atoms with Gasteiger partial charge in [-0.1, -0.05) is 55.5 Å². The predicted molar refractivity (Wildman–Crippen MR) is 159 cm³/mol. The molecule has 5 aromatic rings. The summed E-state index contributed by atoms with van der Waals surface area (Å²) in [6.45, 7) is 5.34. The number of anilines is 4. The van der Waals surface area contributed by atoms with Gasteiger partial charge in [-0.15, -0.1) is 0 Å². The normalized spacial score (nSPS) is 13.6. The number of pyridine rings is 3. The van der Waals surface area contributed by atoms with Crippen molar-refractivity contribution in [1.29, 1.82) is 0 Å². The van der Waals surface area contributed by atoms with Crippen LogP contribution in [0.5, 0.6) is 0 Å². The maximum Gasteiger partial charge on any atom is 0.138 e. The van der Waals surface area contributed by atoms with Crippen LogP contribution in [0.15, 0.2) is 127 Å². The smallest absolute Gasteiger partial charge is 0.138 e. The van der Waals surface area contributed by atoms with Crippen LogP contribution in [0.1, 0.15) is 43.0 Å². The summed E-state index contributed by atoms with van der Waals surface area (Å²) in [6, 6.07) is 35.6. The summed E-state index contributed by atoms with van der Waals surface area (Å²) in [7, 11) is 0. The first-order valence-electron chi connectivity index (χ1n) is 13.4. The zero-order chi connectivity index (χ0) is 26.6. The molecule has 6 rings (SSSR count). The van der Waals surface area contributed by atoms with Gasteiger partial charge in [-0.2, -0.15) is 0 Å². The minimum Gasteiger partial charge on any atom is -0.339 e. The molecule has 4 heterocycles. The highest BCUT2D eigenvalue weighted by Crippen LogP contribution is 2.40. The first-order valence-corrected chi connectivity index (χ1v) is 13.4. The molecule has 5 heteroatoms. The summed E-state index contributed by atoms with van der Waals surface area (Å²) in [5.41, 5.74) is 8.57. The van der Waals surface area contributed by atoms with Gasteiger partial charge in [-0.05, 0) is 85.0 Å². The van der Waals surface area contributed by atoms with Crippen molar-refractivity contribution in [2.24, 2.45) is 0 Å². The molecule has 0 N–H and O–H groups in total. The number of allylic oxidation sites excluding steroid dienone is 2. The minimum absolute atomic E-state index is 0.325. The summed E-state index contributed by atoms with van der Waals surface area (Å²) >= 11 is 0. The van der Waals surface area contributed by atoms with Gasteiger partial charge >= 0.3 is 0 Å². The maximum atomic E-state index is 4.76. The van der Waals surface area contributed by atoms with Crippen LogP contribution in [-0.4, -0.2) is 15.0 Å². The van der Waals surface area contributed by atoms with E-state index in [9.17, 15) is 0 Å². The fourth-order valence-corrected chi connectivity index (χ4v) is 5.35. The quantitative estimate of drug-likeness (QED) is 0.221. The number of hydrogen-bond donors (Lipinski definition) is 0. The number of rotatable bonds is 7. The standard InChI is InChI=1S/C34H31N5/c1-25(23-31-26(2)38(28-11-4-3-5-12-28)24-32-30(31)13-10-22-35-32)27-16-18-29(19-17-27)39(33-14-6-8-20-36-33)34-15-7-9-21-37-34/h3-22,25H,23-24H2,1-2H3. The molecule has 0 fully saturated rings. The molecular weight excluding hydrogens is 478 g/mol. The summed E-state index contributed by atoms with van der Waals surface area (Å²) in [5.74, 6) is 2.00. The van der Waals surface area contributed by atoms with E-state index in [0.717, 1.165) is 36.0 Å². The Balaban J connectivity index is 1.31. The lowest BCUT2D eigenvalue weighted by Gasteiger charge is -2.34. The van der Waals surface area contributed by atoms with Crippen LogP contribution < -0.4 is 9.80 Å². The molecule has 0 radical (unpaired) electrons. The summed E-state index contributed by atoms with van der Waals surface area (Å²) in [4.78, 5) is 18.4. The van der Waals surface area contributed by atoms with Crippen molar-refractivity contribution in [1.82, 2.24) is 15.0 Å². The van der Waals surface area contributed by atoms with E-state index in [4.69, 9.17) is 4.98 Å². The molecule has 1 atom stereocenters. The van der Waals surface area contributed by atoms with E-state index < -0.39 is 0 Å². The first kappa shape index (κ1) is 24.6. The molecule has 0 spiro atoms. The Kier molecular flexibility index (Phi) is 6.88. The van der Waals surface area contributed by atoms with Crippen molar-refractivity contribution >= 4 is 28.6 Å². The molecule has 1 unspecified atom stereocenters. The average molecular weight is 510 g/mol. The van der Waals surface area contributed by atoms with Crippen molar-refractivity contribution in [3.8, 4) is 0 Å². The zero-order valence-electron chi connectivity index (χ0n) is 22.3. The van der Waals surface area contributed by atoms with Crippen LogP contribution in [-0.2, 0) is 6.54 Å². The van der Waals surface area contributed by atoms with Crippen LogP contribution in [0, 0.1) is 0 Å².